The van der Waals surface area contributed by atoms with Gasteiger partial charge in [-0.3, -0.25) is 9.59 Å². The lowest BCUT2D eigenvalue weighted by Gasteiger charge is -2.12. The Hall–Kier alpha value is -4.06. The van der Waals surface area contributed by atoms with E-state index >= 15 is 0 Å². The summed E-state index contributed by atoms with van der Waals surface area (Å²) in [5, 5.41) is 9.77. The first-order valence-corrected chi connectivity index (χ1v) is 10.4. The Balaban J connectivity index is 1.57. The topological polar surface area (TPSA) is 104 Å². The molecular weight excluding hydrogens is 469 g/mol. The van der Waals surface area contributed by atoms with Crippen molar-refractivity contribution in [1.29, 1.82) is 0 Å². The Morgan fingerprint density at radius 3 is 2.60 bits per heavy atom. The van der Waals surface area contributed by atoms with Gasteiger partial charge >= 0.3 is 6.36 Å². The van der Waals surface area contributed by atoms with Gasteiger partial charge in [-0.1, -0.05) is 18.2 Å². The van der Waals surface area contributed by atoms with Crippen LogP contribution in [0.3, 0.4) is 0 Å². The van der Waals surface area contributed by atoms with E-state index in [2.05, 4.69) is 20.5 Å². The van der Waals surface area contributed by atoms with Gasteiger partial charge in [-0.15, -0.1) is 13.2 Å². The number of methoxy groups -OCH3 is 2. The molecule has 0 fully saturated rings. The number of carbonyl (C=O) groups is 2. The number of benzene rings is 2. The molecular formula is C23H21F3N4O5. The minimum Gasteiger partial charge on any atom is -0.497 e. The summed E-state index contributed by atoms with van der Waals surface area (Å²) in [7, 11) is 3.05. The first kappa shape index (κ1) is 24.1. The smallest absolute Gasteiger partial charge is 0.497 e. The van der Waals surface area contributed by atoms with Gasteiger partial charge in [-0.25, -0.2) is 4.68 Å². The van der Waals surface area contributed by atoms with Gasteiger partial charge in [0.25, 0.3) is 5.91 Å². The number of nitrogens with zero attached hydrogens (tertiary/aromatic N) is 2. The summed E-state index contributed by atoms with van der Waals surface area (Å²) in [4.78, 5) is 25.4. The second-order valence-electron chi connectivity index (χ2n) is 7.61. The molecule has 0 spiro atoms. The number of nitrogens with one attached hydrogen (secondary N) is 2. The third-order valence-corrected chi connectivity index (χ3v) is 5.19. The molecule has 1 unspecified atom stereocenters. The predicted octanol–water partition coefficient (Wildman–Crippen LogP) is 4.13. The van der Waals surface area contributed by atoms with E-state index in [4.69, 9.17) is 9.47 Å². The van der Waals surface area contributed by atoms with Crippen molar-refractivity contribution in [1.82, 2.24) is 9.78 Å². The van der Waals surface area contributed by atoms with Crippen molar-refractivity contribution in [2.75, 3.05) is 24.9 Å². The summed E-state index contributed by atoms with van der Waals surface area (Å²) < 4.78 is 53.2. The quantitative estimate of drug-likeness (QED) is 0.492. The van der Waals surface area contributed by atoms with E-state index in [1.165, 1.54) is 23.9 Å². The standard InChI is InChI=1S/C23H21F3N4O5/c1-33-12-17-20(13-5-3-7-15(9-13)34-2)21-28-22(32)18(30(21)29-17)11-19(31)27-14-6-4-8-16(10-14)35-23(24,25)26/h3-10,18H,11-12H2,1-2H3,(H,27,31)(H,28,32). The SMILES string of the molecule is COCc1nn2c(c1-c1cccc(OC)c1)NC(=O)C2CC(=O)Nc1cccc(OC(F)(F)F)c1. The van der Waals surface area contributed by atoms with Gasteiger partial charge in [-0.05, 0) is 29.8 Å². The summed E-state index contributed by atoms with van der Waals surface area (Å²) in [5.74, 6) is -0.481. The zero-order valence-electron chi connectivity index (χ0n) is 18.7. The van der Waals surface area contributed by atoms with E-state index in [-0.39, 0.29) is 18.7 Å². The summed E-state index contributed by atoms with van der Waals surface area (Å²) in [6, 6.07) is 11.1. The van der Waals surface area contributed by atoms with Gasteiger partial charge in [-0.2, -0.15) is 5.10 Å². The second-order valence-corrected chi connectivity index (χ2v) is 7.61. The molecule has 0 bridgehead atoms. The number of amides is 2. The molecule has 35 heavy (non-hydrogen) atoms. The number of anilines is 2. The minimum absolute atomic E-state index is 0.0907. The molecule has 184 valence electrons. The molecule has 3 aromatic rings. The van der Waals surface area contributed by atoms with Crippen LogP contribution in [0.2, 0.25) is 0 Å². The fourth-order valence-corrected chi connectivity index (χ4v) is 3.80. The highest BCUT2D eigenvalue weighted by molar-refractivity contribution is 6.04. The van der Waals surface area contributed by atoms with E-state index in [1.807, 2.05) is 6.07 Å². The van der Waals surface area contributed by atoms with Crippen LogP contribution in [0, 0.1) is 0 Å². The third kappa shape index (κ3) is 5.38. The summed E-state index contributed by atoms with van der Waals surface area (Å²) in [6.07, 6.45) is -5.16. The van der Waals surface area contributed by atoms with Crippen molar-refractivity contribution in [3.8, 4) is 22.6 Å². The van der Waals surface area contributed by atoms with Crippen LogP contribution in [0.4, 0.5) is 24.7 Å². The van der Waals surface area contributed by atoms with E-state index in [0.717, 1.165) is 17.7 Å². The lowest BCUT2D eigenvalue weighted by Crippen LogP contribution is -2.24. The number of carbonyl (C=O) groups excluding carboxylic acids is 2. The van der Waals surface area contributed by atoms with Crippen LogP contribution in [0.5, 0.6) is 11.5 Å². The van der Waals surface area contributed by atoms with Gasteiger partial charge in [0.15, 0.2) is 0 Å². The number of alkyl halides is 3. The molecule has 1 aliphatic rings. The molecule has 2 heterocycles. The molecule has 2 aromatic carbocycles. The number of aromatic nitrogens is 2. The van der Waals surface area contributed by atoms with Crippen molar-refractivity contribution in [3.05, 3.63) is 54.2 Å². The molecule has 1 aliphatic heterocycles. The van der Waals surface area contributed by atoms with Gasteiger partial charge < -0.3 is 24.8 Å². The number of hydrogen-bond donors (Lipinski definition) is 2. The zero-order valence-corrected chi connectivity index (χ0v) is 18.7. The summed E-state index contributed by atoms with van der Waals surface area (Å²) >= 11 is 0. The van der Waals surface area contributed by atoms with E-state index in [0.29, 0.717) is 22.8 Å². The molecule has 0 radical (unpaired) electrons. The maximum Gasteiger partial charge on any atom is 0.573 e. The molecule has 9 nitrogen and oxygen atoms in total. The third-order valence-electron chi connectivity index (χ3n) is 5.19. The predicted molar refractivity (Wildman–Crippen MR) is 119 cm³/mol. The van der Waals surface area contributed by atoms with E-state index in [1.54, 1.807) is 25.3 Å². The Kier molecular flexibility index (Phi) is 6.65. The van der Waals surface area contributed by atoms with Crippen LogP contribution < -0.4 is 20.1 Å². The first-order valence-electron chi connectivity index (χ1n) is 10.4. The zero-order chi connectivity index (χ0) is 25.2. The van der Waals surface area contributed by atoms with Gasteiger partial charge in [0, 0.05) is 18.9 Å². The Labute approximate surface area is 197 Å². The number of fused-ring (bicyclic) bond motifs is 1. The molecule has 1 aromatic heterocycles. The first-order chi connectivity index (χ1) is 16.7. The number of ether oxygens (including phenoxy) is 3. The number of hydrogen-bond acceptors (Lipinski definition) is 6. The molecule has 0 saturated carbocycles. The Morgan fingerprint density at radius 2 is 1.89 bits per heavy atom. The van der Waals surface area contributed by atoms with Crippen LogP contribution in [-0.2, 0) is 20.9 Å². The maximum absolute atomic E-state index is 12.7. The fraction of sp³-hybridized carbons (Fsp3) is 0.261. The van der Waals surface area contributed by atoms with Crippen LogP contribution in [0.15, 0.2) is 48.5 Å². The molecule has 0 aliphatic carbocycles. The summed E-state index contributed by atoms with van der Waals surface area (Å²) in [5.41, 5.74) is 2.02. The van der Waals surface area contributed by atoms with Crippen LogP contribution in [0.1, 0.15) is 18.2 Å². The Morgan fingerprint density at radius 1 is 1.14 bits per heavy atom. The molecule has 2 N–H and O–H groups in total. The van der Waals surface area contributed by atoms with Gasteiger partial charge in [0.05, 0.1) is 31.4 Å². The average Bonchev–Trinajstić information content (AvgIpc) is 3.28. The molecule has 0 saturated heterocycles. The molecule has 1 atom stereocenters. The number of halogens is 3. The number of rotatable bonds is 8. The molecule has 2 amide bonds. The maximum atomic E-state index is 12.7. The minimum atomic E-state index is -4.86. The fourth-order valence-electron chi connectivity index (χ4n) is 3.80. The average molecular weight is 490 g/mol. The van der Waals surface area contributed by atoms with Crippen molar-refractivity contribution < 1.29 is 37.0 Å². The van der Waals surface area contributed by atoms with Crippen molar-refractivity contribution in [2.45, 2.75) is 25.4 Å². The van der Waals surface area contributed by atoms with Crippen molar-refractivity contribution in [3.63, 3.8) is 0 Å². The van der Waals surface area contributed by atoms with Crippen LogP contribution >= 0.6 is 0 Å². The highest BCUT2D eigenvalue weighted by Gasteiger charge is 2.37. The summed E-state index contributed by atoms with van der Waals surface area (Å²) in [6.45, 7) is 0.160. The normalized spacial score (nSPS) is 14.9. The molecule has 12 heteroatoms. The highest BCUT2D eigenvalue weighted by atomic mass is 19.4. The second kappa shape index (κ2) is 9.66. The highest BCUT2D eigenvalue weighted by Crippen LogP contribution is 2.40. The van der Waals surface area contributed by atoms with Gasteiger partial charge in [0.2, 0.25) is 5.91 Å². The molecule has 4 rings (SSSR count). The largest absolute Gasteiger partial charge is 0.573 e. The van der Waals surface area contributed by atoms with Gasteiger partial charge in [0.1, 0.15) is 23.4 Å². The van der Waals surface area contributed by atoms with E-state index in [9.17, 15) is 22.8 Å². The van der Waals surface area contributed by atoms with Crippen LogP contribution in [-0.4, -0.2) is 42.2 Å². The lowest BCUT2D eigenvalue weighted by molar-refractivity contribution is -0.274. The van der Waals surface area contributed by atoms with Crippen molar-refractivity contribution >= 4 is 23.3 Å². The monoisotopic (exact) mass is 490 g/mol. The lowest BCUT2D eigenvalue weighted by atomic mass is 10.1. The van der Waals surface area contributed by atoms with Crippen LogP contribution in [0.25, 0.3) is 11.1 Å². The van der Waals surface area contributed by atoms with Crippen molar-refractivity contribution in [2.24, 2.45) is 0 Å². The van der Waals surface area contributed by atoms with E-state index < -0.39 is 30.0 Å². The Bertz CT molecular complexity index is 1260.